The Morgan fingerprint density at radius 1 is 1.12 bits per heavy atom. The molecule has 4 nitrogen and oxygen atoms in total. The molecule has 122 valence electrons. The van der Waals surface area contributed by atoms with Crippen molar-refractivity contribution in [2.45, 2.75) is 20.3 Å². The van der Waals surface area contributed by atoms with Crippen LogP contribution in [0.5, 0.6) is 5.75 Å². The lowest BCUT2D eigenvalue weighted by Gasteiger charge is -2.20. The molecule has 0 bridgehead atoms. The predicted molar refractivity (Wildman–Crippen MR) is 97.4 cm³/mol. The first-order chi connectivity index (χ1) is 11.6. The SMILES string of the molecule is Cc1ccc2c(N3CC[C@@H](C)C3)nc(-c3ccccc3O)nc2c1. The fourth-order valence-corrected chi connectivity index (χ4v) is 3.37. The quantitative estimate of drug-likeness (QED) is 0.770. The van der Waals surface area contributed by atoms with Crippen molar-refractivity contribution in [2.24, 2.45) is 5.92 Å². The van der Waals surface area contributed by atoms with Crippen molar-refractivity contribution in [1.29, 1.82) is 0 Å². The van der Waals surface area contributed by atoms with E-state index in [0.717, 1.165) is 29.8 Å². The summed E-state index contributed by atoms with van der Waals surface area (Å²) in [5.74, 6) is 2.45. The van der Waals surface area contributed by atoms with Crippen LogP contribution < -0.4 is 4.90 Å². The maximum Gasteiger partial charge on any atom is 0.165 e. The number of aryl methyl sites for hydroxylation is 1. The second-order valence-corrected chi connectivity index (χ2v) is 6.75. The molecule has 0 spiro atoms. The average Bonchev–Trinajstić information content (AvgIpc) is 3.00. The topological polar surface area (TPSA) is 49.2 Å². The van der Waals surface area contributed by atoms with Gasteiger partial charge >= 0.3 is 0 Å². The molecule has 0 saturated carbocycles. The Labute approximate surface area is 141 Å². The van der Waals surface area contributed by atoms with Crippen molar-refractivity contribution in [2.75, 3.05) is 18.0 Å². The fourth-order valence-electron chi connectivity index (χ4n) is 3.37. The van der Waals surface area contributed by atoms with Gasteiger partial charge in [-0.15, -0.1) is 0 Å². The van der Waals surface area contributed by atoms with Crippen molar-refractivity contribution in [3.05, 3.63) is 48.0 Å². The van der Waals surface area contributed by atoms with Gasteiger partial charge in [-0.2, -0.15) is 0 Å². The van der Waals surface area contributed by atoms with Gasteiger partial charge in [0.2, 0.25) is 0 Å². The number of fused-ring (bicyclic) bond motifs is 1. The maximum atomic E-state index is 10.2. The molecule has 3 aromatic rings. The molecular formula is C20H21N3O. The highest BCUT2D eigenvalue weighted by molar-refractivity contribution is 5.92. The van der Waals surface area contributed by atoms with Crippen LogP contribution in [-0.2, 0) is 0 Å². The summed E-state index contributed by atoms with van der Waals surface area (Å²) in [6, 6.07) is 13.6. The third-order valence-electron chi connectivity index (χ3n) is 4.70. The van der Waals surface area contributed by atoms with Gasteiger partial charge in [0.05, 0.1) is 11.1 Å². The molecule has 0 unspecified atom stereocenters. The molecule has 1 saturated heterocycles. The number of para-hydroxylation sites is 1. The number of hydrogen-bond donors (Lipinski definition) is 1. The lowest BCUT2D eigenvalue weighted by molar-refractivity contribution is 0.477. The summed E-state index contributed by atoms with van der Waals surface area (Å²) in [5.41, 5.74) is 2.78. The third-order valence-corrected chi connectivity index (χ3v) is 4.70. The van der Waals surface area contributed by atoms with Crippen molar-refractivity contribution >= 4 is 16.7 Å². The molecule has 1 atom stereocenters. The van der Waals surface area contributed by atoms with Crippen LogP contribution in [0.25, 0.3) is 22.3 Å². The molecule has 1 aliphatic heterocycles. The number of nitrogens with zero attached hydrogens (tertiary/aromatic N) is 3. The second-order valence-electron chi connectivity index (χ2n) is 6.75. The molecule has 0 amide bonds. The number of anilines is 1. The zero-order valence-electron chi connectivity index (χ0n) is 14.0. The number of rotatable bonds is 2. The molecule has 2 aromatic carbocycles. The number of aromatic hydroxyl groups is 1. The van der Waals surface area contributed by atoms with E-state index in [1.54, 1.807) is 6.07 Å². The van der Waals surface area contributed by atoms with Gasteiger partial charge in [0.1, 0.15) is 11.6 Å². The van der Waals surface area contributed by atoms with E-state index < -0.39 is 0 Å². The smallest absolute Gasteiger partial charge is 0.165 e. The Kier molecular flexibility index (Phi) is 3.60. The molecule has 2 heterocycles. The highest BCUT2D eigenvalue weighted by Gasteiger charge is 2.23. The van der Waals surface area contributed by atoms with Gasteiger partial charge in [-0.05, 0) is 49.1 Å². The van der Waals surface area contributed by atoms with Gasteiger partial charge in [0, 0.05) is 18.5 Å². The standard InChI is InChI=1S/C20H21N3O/c1-13-7-8-15-17(11-13)21-19(16-5-3-4-6-18(16)24)22-20(15)23-10-9-14(2)12-23/h3-8,11,14,24H,9-10,12H2,1-2H3/t14-/m1/s1. The molecule has 1 N–H and O–H groups in total. The van der Waals surface area contributed by atoms with Crippen molar-refractivity contribution < 1.29 is 5.11 Å². The van der Waals surface area contributed by atoms with Crippen LogP contribution in [0, 0.1) is 12.8 Å². The summed E-state index contributed by atoms with van der Waals surface area (Å²) in [7, 11) is 0. The number of phenols is 1. The van der Waals surface area contributed by atoms with E-state index in [-0.39, 0.29) is 5.75 Å². The lowest BCUT2D eigenvalue weighted by atomic mass is 10.1. The summed E-state index contributed by atoms with van der Waals surface area (Å²) < 4.78 is 0. The predicted octanol–water partition coefficient (Wildman–Crippen LogP) is 4.16. The van der Waals surface area contributed by atoms with Crippen LogP contribution in [-0.4, -0.2) is 28.2 Å². The van der Waals surface area contributed by atoms with Crippen LogP contribution in [0.15, 0.2) is 42.5 Å². The van der Waals surface area contributed by atoms with E-state index in [4.69, 9.17) is 9.97 Å². The number of benzene rings is 2. The van der Waals surface area contributed by atoms with Crippen molar-refractivity contribution in [1.82, 2.24) is 9.97 Å². The summed E-state index contributed by atoms with van der Waals surface area (Å²) in [5, 5.41) is 11.3. The van der Waals surface area contributed by atoms with E-state index in [0.29, 0.717) is 17.3 Å². The van der Waals surface area contributed by atoms with Gasteiger partial charge in [-0.25, -0.2) is 9.97 Å². The first-order valence-electron chi connectivity index (χ1n) is 8.43. The summed E-state index contributed by atoms with van der Waals surface area (Å²) in [6.07, 6.45) is 1.18. The molecule has 0 aliphatic carbocycles. The molecule has 4 heteroatoms. The van der Waals surface area contributed by atoms with Gasteiger partial charge in [-0.3, -0.25) is 0 Å². The number of phenolic OH excluding ortho intramolecular Hbond substituents is 1. The monoisotopic (exact) mass is 319 g/mol. The summed E-state index contributed by atoms with van der Waals surface area (Å²) >= 11 is 0. The molecule has 1 aromatic heterocycles. The largest absolute Gasteiger partial charge is 0.507 e. The van der Waals surface area contributed by atoms with Crippen LogP contribution in [0.2, 0.25) is 0 Å². The normalized spacial score (nSPS) is 17.6. The van der Waals surface area contributed by atoms with Gasteiger partial charge in [0.25, 0.3) is 0 Å². The van der Waals surface area contributed by atoms with E-state index >= 15 is 0 Å². The molecular weight excluding hydrogens is 298 g/mol. The average molecular weight is 319 g/mol. The Hall–Kier alpha value is -2.62. The minimum absolute atomic E-state index is 0.213. The van der Waals surface area contributed by atoms with E-state index in [1.807, 2.05) is 18.2 Å². The number of aromatic nitrogens is 2. The molecule has 0 radical (unpaired) electrons. The van der Waals surface area contributed by atoms with Crippen LogP contribution in [0.4, 0.5) is 5.82 Å². The Morgan fingerprint density at radius 2 is 1.96 bits per heavy atom. The van der Waals surface area contributed by atoms with Gasteiger partial charge in [0.15, 0.2) is 5.82 Å². The van der Waals surface area contributed by atoms with Crippen LogP contribution >= 0.6 is 0 Å². The van der Waals surface area contributed by atoms with E-state index in [9.17, 15) is 5.11 Å². The fraction of sp³-hybridized carbons (Fsp3) is 0.300. The van der Waals surface area contributed by atoms with Crippen molar-refractivity contribution in [3.63, 3.8) is 0 Å². The summed E-state index contributed by atoms with van der Waals surface area (Å²) in [6.45, 7) is 6.37. The highest BCUT2D eigenvalue weighted by Crippen LogP contribution is 2.33. The minimum atomic E-state index is 0.213. The van der Waals surface area contributed by atoms with Crippen molar-refractivity contribution in [3.8, 4) is 17.1 Å². The summed E-state index contributed by atoms with van der Waals surface area (Å²) in [4.78, 5) is 11.9. The molecule has 1 fully saturated rings. The lowest BCUT2D eigenvalue weighted by Crippen LogP contribution is -2.21. The molecule has 24 heavy (non-hydrogen) atoms. The van der Waals surface area contributed by atoms with Crippen LogP contribution in [0.1, 0.15) is 18.9 Å². The first kappa shape index (κ1) is 14.9. The third kappa shape index (κ3) is 2.58. The van der Waals surface area contributed by atoms with Gasteiger partial charge in [-0.1, -0.05) is 25.1 Å². The number of hydrogen-bond acceptors (Lipinski definition) is 4. The molecule has 4 rings (SSSR count). The Morgan fingerprint density at radius 3 is 2.71 bits per heavy atom. The van der Waals surface area contributed by atoms with Gasteiger partial charge < -0.3 is 10.0 Å². The highest BCUT2D eigenvalue weighted by atomic mass is 16.3. The second kappa shape index (κ2) is 5.78. The Bertz CT molecular complexity index is 907. The zero-order valence-corrected chi connectivity index (χ0v) is 14.0. The van der Waals surface area contributed by atoms with Crippen LogP contribution in [0.3, 0.4) is 0 Å². The first-order valence-corrected chi connectivity index (χ1v) is 8.43. The maximum absolute atomic E-state index is 10.2. The van der Waals surface area contributed by atoms with E-state index in [2.05, 4.69) is 36.9 Å². The molecule has 1 aliphatic rings. The van der Waals surface area contributed by atoms with E-state index in [1.165, 1.54) is 12.0 Å². The zero-order chi connectivity index (χ0) is 16.7. The minimum Gasteiger partial charge on any atom is -0.507 e. The Balaban J connectivity index is 1.94.